The van der Waals surface area contributed by atoms with Crippen LogP contribution in [0, 0.1) is 11.8 Å². The summed E-state index contributed by atoms with van der Waals surface area (Å²) in [7, 11) is 0. The second-order valence-corrected chi connectivity index (χ2v) is 4.89. The smallest absolute Gasteiger partial charge is 0.368 e. The molecular formula is C11H12ClFN4O4. The molecule has 0 aliphatic carbocycles. The summed E-state index contributed by atoms with van der Waals surface area (Å²) in [5.41, 5.74) is 4.45. The number of nitrogen functional groups attached to an aromatic ring is 1. The Morgan fingerprint density at radius 2 is 2.38 bits per heavy atom. The Balaban J connectivity index is 2.51. The first kappa shape index (κ1) is 15.7. The first-order chi connectivity index (χ1) is 9.93. The molecule has 114 valence electrons. The normalized spacial score (nSPS) is 31.7. The number of aliphatic hydroxyl groups is 2. The van der Waals surface area contributed by atoms with E-state index < -0.39 is 42.3 Å². The Bertz CT molecular complexity index is 645. The maximum absolute atomic E-state index is 12.3. The van der Waals surface area contributed by atoms with Gasteiger partial charge in [-0.05, 0) is 0 Å². The Morgan fingerprint density at radius 3 is 2.95 bits per heavy atom. The number of anilines is 1. The maximum atomic E-state index is 12.3. The van der Waals surface area contributed by atoms with Gasteiger partial charge in [-0.2, -0.15) is 14.8 Å². The van der Waals surface area contributed by atoms with Gasteiger partial charge in [0.2, 0.25) is 0 Å². The molecule has 1 aliphatic heterocycles. The molecule has 0 spiro atoms. The molecule has 10 heteroatoms. The van der Waals surface area contributed by atoms with E-state index in [0.717, 1.165) is 10.9 Å². The van der Waals surface area contributed by atoms with Gasteiger partial charge in [-0.15, -0.1) is 0 Å². The molecule has 0 amide bonds. The lowest BCUT2D eigenvalue weighted by atomic mass is 9.99. The largest absolute Gasteiger partial charge is 0.394 e. The van der Waals surface area contributed by atoms with Gasteiger partial charge in [0.05, 0.1) is 12.8 Å². The van der Waals surface area contributed by atoms with Crippen LogP contribution in [-0.4, -0.2) is 55.3 Å². The summed E-state index contributed by atoms with van der Waals surface area (Å²) >= 11 is 6.20. The van der Waals surface area contributed by atoms with E-state index in [0.29, 0.717) is 0 Å². The van der Waals surface area contributed by atoms with Crippen molar-refractivity contribution in [2.75, 3.05) is 19.0 Å². The van der Waals surface area contributed by atoms with Crippen molar-refractivity contribution in [3.8, 4) is 11.8 Å². The van der Waals surface area contributed by atoms with E-state index in [-0.39, 0.29) is 5.82 Å². The third-order valence-electron chi connectivity index (χ3n) is 2.93. The highest BCUT2D eigenvalue weighted by Gasteiger charge is 2.56. The highest BCUT2D eigenvalue weighted by Crippen LogP contribution is 2.42. The topological polar surface area (TPSA) is 123 Å². The predicted molar refractivity (Wildman–Crippen MR) is 70.0 cm³/mol. The molecule has 4 N–H and O–H groups in total. The van der Waals surface area contributed by atoms with Crippen LogP contribution in [0.4, 0.5) is 10.2 Å². The van der Waals surface area contributed by atoms with Crippen LogP contribution in [0.5, 0.6) is 0 Å². The molecule has 21 heavy (non-hydrogen) atoms. The van der Waals surface area contributed by atoms with E-state index >= 15 is 0 Å². The highest BCUT2D eigenvalue weighted by molar-refractivity contribution is 6.27. The second kappa shape index (κ2) is 5.95. The van der Waals surface area contributed by atoms with Gasteiger partial charge < -0.3 is 20.7 Å². The summed E-state index contributed by atoms with van der Waals surface area (Å²) in [6, 6.07) is 0. The molecule has 0 bridgehead atoms. The summed E-state index contributed by atoms with van der Waals surface area (Å²) in [6.45, 7) is -1.57. The number of nitrogens with two attached hydrogens (primary N) is 1. The second-order valence-electron chi connectivity index (χ2n) is 4.27. The molecule has 2 rings (SSSR count). The molecule has 8 nitrogen and oxygen atoms in total. The number of rotatable bonds is 2. The Morgan fingerprint density at radius 1 is 1.67 bits per heavy atom. The van der Waals surface area contributed by atoms with Crippen molar-refractivity contribution in [1.82, 2.24) is 14.8 Å². The van der Waals surface area contributed by atoms with Crippen LogP contribution in [0.1, 0.15) is 6.23 Å². The third kappa shape index (κ3) is 2.71. The standard InChI is InChI=1S/C11H12ClFN4O4/c12-11(2-1-3-13)8(19)6(5-18)21-9(11)17-10(20)16-7(14)4-15-17/h4,6,8-9,18-19H,3,5H2,(H2,14,16,20)/t6-,8?,9-,11-/m1/s1. The molecule has 1 fully saturated rings. The Hall–Kier alpha value is -1.73. The van der Waals surface area contributed by atoms with E-state index in [1.807, 2.05) is 0 Å². The molecular weight excluding hydrogens is 307 g/mol. The van der Waals surface area contributed by atoms with Gasteiger partial charge in [0.25, 0.3) is 0 Å². The number of halogens is 2. The lowest BCUT2D eigenvalue weighted by Crippen LogP contribution is -2.44. The molecule has 4 atom stereocenters. The van der Waals surface area contributed by atoms with Crippen LogP contribution >= 0.6 is 11.6 Å². The summed E-state index contributed by atoms with van der Waals surface area (Å²) in [5, 5.41) is 23.0. The number of aliphatic hydroxyl groups excluding tert-OH is 2. The van der Waals surface area contributed by atoms with Gasteiger partial charge in [-0.3, -0.25) is 0 Å². The van der Waals surface area contributed by atoms with E-state index in [1.165, 1.54) is 0 Å². The summed E-state index contributed by atoms with van der Waals surface area (Å²) in [4.78, 5) is 13.4. The van der Waals surface area contributed by atoms with Crippen LogP contribution in [0.25, 0.3) is 0 Å². The molecule has 1 aromatic heterocycles. The number of hydrogen-bond acceptors (Lipinski definition) is 7. The first-order valence-electron chi connectivity index (χ1n) is 5.84. The average Bonchev–Trinajstić information content (AvgIpc) is 2.70. The summed E-state index contributed by atoms with van der Waals surface area (Å²) in [5.74, 6) is 4.28. The number of alkyl halides is 2. The maximum Gasteiger partial charge on any atom is 0.368 e. The molecule has 1 aromatic rings. The van der Waals surface area contributed by atoms with Gasteiger partial charge in [-0.1, -0.05) is 23.4 Å². The van der Waals surface area contributed by atoms with Crippen molar-refractivity contribution >= 4 is 17.4 Å². The van der Waals surface area contributed by atoms with Crippen LogP contribution in [-0.2, 0) is 4.74 Å². The first-order valence-corrected chi connectivity index (χ1v) is 6.22. The predicted octanol–water partition coefficient (Wildman–Crippen LogP) is -1.58. The zero-order chi connectivity index (χ0) is 15.6. The molecule has 1 aliphatic rings. The number of hydrogen-bond donors (Lipinski definition) is 3. The number of aromatic nitrogens is 3. The number of nitrogens with zero attached hydrogens (tertiary/aromatic N) is 3. The lowest BCUT2D eigenvalue weighted by molar-refractivity contribution is -0.0512. The molecule has 1 saturated heterocycles. The quantitative estimate of drug-likeness (QED) is 0.444. The van der Waals surface area contributed by atoms with Crippen molar-refractivity contribution in [2.24, 2.45) is 0 Å². The van der Waals surface area contributed by atoms with Crippen LogP contribution < -0.4 is 11.4 Å². The van der Waals surface area contributed by atoms with Crippen molar-refractivity contribution in [2.45, 2.75) is 23.3 Å². The van der Waals surface area contributed by atoms with Crippen molar-refractivity contribution in [3.05, 3.63) is 16.7 Å². The van der Waals surface area contributed by atoms with E-state index in [1.54, 1.807) is 0 Å². The minimum Gasteiger partial charge on any atom is -0.394 e. The van der Waals surface area contributed by atoms with Gasteiger partial charge in [-0.25, -0.2) is 9.18 Å². The van der Waals surface area contributed by atoms with E-state index in [9.17, 15) is 14.3 Å². The number of ether oxygens (including phenoxy) is 1. The zero-order valence-electron chi connectivity index (χ0n) is 10.6. The van der Waals surface area contributed by atoms with Crippen LogP contribution in [0.3, 0.4) is 0 Å². The van der Waals surface area contributed by atoms with Crippen molar-refractivity contribution in [3.63, 3.8) is 0 Å². The fourth-order valence-electron chi connectivity index (χ4n) is 1.96. The Labute approximate surface area is 123 Å². The van der Waals surface area contributed by atoms with E-state index in [4.69, 9.17) is 27.2 Å². The molecule has 2 heterocycles. The fraction of sp³-hybridized carbons (Fsp3) is 0.545. The Kier molecular flexibility index (Phi) is 4.43. The molecule has 1 unspecified atom stereocenters. The van der Waals surface area contributed by atoms with Crippen LogP contribution in [0.2, 0.25) is 0 Å². The fourth-order valence-corrected chi connectivity index (χ4v) is 2.31. The van der Waals surface area contributed by atoms with Gasteiger partial charge in [0, 0.05) is 0 Å². The van der Waals surface area contributed by atoms with Gasteiger partial charge in [0.1, 0.15) is 24.7 Å². The monoisotopic (exact) mass is 318 g/mol. The van der Waals surface area contributed by atoms with Crippen LogP contribution in [0.15, 0.2) is 11.0 Å². The zero-order valence-corrected chi connectivity index (χ0v) is 11.4. The van der Waals surface area contributed by atoms with Crippen molar-refractivity contribution in [1.29, 1.82) is 0 Å². The lowest BCUT2D eigenvalue weighted by Gasteiger charge is -2.24. The van der Waals surface area contributed by atoms with Crippen molar-refractivity contribution < 1.29 is 19.3 Å². The summed E-state index contributed by atoms with van der Waals surface area (Å²) < 4.78 is 18.3. The van der Waals surface area contributed by atoms with Gasteiger partial charge >= 0.3 is 5.69 Å². The minimum atomic E-state index is -1.85. The SMILES string of the molecule is Nc1cnn([C@@H]2O[C@H](CO)C(O)[C@]2(Cl)C#CCF)c(=O)n1. The molecule has 0 saturated carbocycles. The minimum absolute atomic E-state index is 0.108. The summed E-state index contributed by atoms with van der Waals surface area (Å²) in [6.07, 6.45) is -2.83. The molecule has 0 radical (unpaired) electrons. The highest BCUT2D eigenvalue weighted by atomic mass is 35.5. The average molecular weight is 319 g/mol. The third-order valence-corrected chi connectivity index (χ3v) is 3.43. The molecule has 0 aromatic carbocycles. The van der Waals surface area contributed by atoms with Gasteiger partial charge in [0.15, 0.2) is 11.1 Å². The van der Waals surface area contributed by atoms with E-state index in [2.05, 4.69) is 21.9 Å².